The molecule has 0 saturated carbocycles. The van der Waals surface area contributed by atoms with Gasteiger partial charge in [-0.05, 0) is 55.0 Å². The Bertz CT molecular complexity index is 701. The maximum absolute atomic E-state index is 13.0. The molecule has 0 aromatic heterocycles. The van der Waals surface area contributed by atoms with E-state index < -0.39 is 14.0 Å². The summed E-state index contributed by atoms with van der Waals surface area (Å²) >= 11 is 0. The Kier molecular flexibility index (Phi) is 6.37. The van der Waals surface area contributed by atoms with Crippen LogP contribution in [0.2, 0.25) is 25.7 Å². The van der Waals surface area contributed by atoms with Crippen molar-refractivity contribution in [1.82, 2.24) is 0 Å². The Morgan fingerprint density at radius 3 is 1.54 bits per heavy atom. The van der Waals surface area contributed by atoms with Crippen LogP contribution in [-0.2, 0) is 0 Å². The molecule has 0 heterocycles. The normalized spacial score (nSPS) is 11.5. The van der Waals surface area contributed by atoms with Crippen molar-refractivity contribution in [3.8, 4) is 11.5 Å². The number of benzene rings is 2. The fraction of sp³-hybridized carbons (Fsp3) is 0.333. The summed E-state index contributed by atoms with van der Waals surface area (Å²) in [6.07, 6.45) is 1.33. The van der Waals surface area contributed by atoms with Gasteiger partial charge in [0.2, 0.25) is 0 Å². The monoisotopic (exact) mass is 370 g/mol. The third kappa shape index (κ3) is 5.56. The molecule has 2 rings (SSSR count). The number of phenols is 2. The van der Waals surface area contributed by atoms with Crippen molar-refractivity contribution < 1.29 is 19.8 Å². The Morgan fingerprint density at radius 1 is 0.808 bits per heavy atom. The molecule has 0 amide bonds. The summed E-state index contributed by atoms with van der Waals surface area (Å²) in [5.41, 5.74) is 0.848. The lowest BCUT2D eigenvalue weighted by Gasteiger charge is -2.19. The van der Waals surface area contributed by atoms with Crippen molar-refractivity contribution in [2.75, 3.05) is 0 Å². The van der Waals surface area contributed by atoms with Gasteiger partial charge in [0.15, 0.2) is 11.6 Å². The molecule has 0 aliphatic heterocycles. The van der Waals surface area contributed by atoms with E-state index >= 15 is 0 Å². The second-order valence-electron chi connectivity index (χ2n) is 7.83. The second-order valence-corrected chi connectivity index (χ2v) is 13.4. The van der Waals surface area contributed by atoms with Gasteiger partial charge >= 0.3 is 0 Å². The number of carbonyl (C=O) groups excluding carboxylic acids is 2. The first-order chi connectivity index (χ1) is 12.2. The summed E-state index contributed by atoms with van der Waals surface area (Å²) in [5.74, 6) is -1.03. The van der Waals surface area contributed by atoms with Crippen LogP contribution in [0.5, 0.6) is 11.5 Å². The predicted molar refractivity (Wildman–Crippen MR) is 106 cm³/mol. The molecule has 0 spiro atoms. The van der Waals surface area contributed by atoms with Crippen molar-refractivity contribution >= 4 is 19.6 Å². The Hall–Kier alpha value is -2.40. The third-order valence-corrected chi connectivity index (χ3v) is 6.21. The van der Waals surface area contributed by atoms with Gasteiger partial charge in [0.25, 0.3) is 0 Å². The molecule has 2 aromatic rings. The smallest absolute Gasteiger partial charge is 0.173 e. The fourth-order valence-corrected chi connectivity index (χ4v) is 4.14. The average Bonchev–Trinajstić information content (AvgIpc) is 2.58. The standard InChI is InChI=1S/C21H26O4Si/c1-26(2,3)14-4-5-19(20(24)15-6-10-17(22)11-7-15)21(25)16-8-12-18(23)13-9-16/h6-13,19,22-23H,4-5,14H2,1-3H3. The van der Waals surface area contributed by atoms with Crippen LogP contribution in [0.4, 0.5) is 0 Å². The number of rotatable bonds is 8. The van der Waals surface area contributed by atoms with Crippen molar-refractivity contribution in [2.45, 2.75) is 38.5 Å². The topological polar surface area (TPSA) is 74.6 Å². The van der Waals surface area contributed by atoms with E-state index in [1.165, 1.54) is 24.3 Å². The van der Waals surface area contributed by atoms with Gasteiger partial charge in [0.05, 0.1) is 5.92 Å². The van der Waals surface area contributed by atoms with Crippen LogP contribution in [0.25, 0.3) is 0 Å². The minimum atomic E-state index is -1.26. The molecule has 0 aliphatic carbocycles. The highest BCUT2D eigenvalue weighted by atomic mass is 28.3. The Morgan fingerprint density at radius 2 is 1.19 bits per heavy atom. The van der Waals surface area contributed by atoms with Gasteiger partial charge in [-0.2, -0.15) is 0 Å². The van der Waals surface area contributed by atoms with E-state index in [1.54, 1.807) is 24.3 Å². The van der Waals surface area contributed by atoms with E-state index in [9.17, 15) is 19.8 Å². The van der Waals surface area contributed by atoms with E-state index in [0.717, 1.165) is 12.5 Å². The number of Topliss-reactive ketones (excluding diaryl/α,β-unsaturated/α-hetero) is 2. The van der Waals surface area contributed by atoms with Gasteiger partial charge in [0, 0.05) is 19.2 Å². The van der Waals surface area contributed by atoms with Crippen molar-refractivity contribution in [1.29, 1.82) is 0 Å². The zero-order valence-corrected chi connectivity index (χ0v) is 16.5. The molecule has 0 aliphatic rings. The average molecular weight is 371 g/mol. The fourth-order valence-electron chi connectivity index (χ4n) is 2.87. The number of ketones is 2. The zero-order chi connectivity index (χ0) is 19.3. The number of hydrogen-bond acceptors (Lipinski definition) is 4. The van der Waals surface area contributed by atoms with Crippen LogP contribution in [-0.4, -0.2) is 29.9 Å². The van der Waals surface area contributed by atoms with Crippen LogP contribution in [0.1, 0.15) is 33.6 Å². The molecule has 2 N–H and O–H groups in total. The zero-order valence-electron chi connectivity index (χ0n) is 15.5. The van der Waals surface area contributed by atoms with Gasteiger partial charge in [-0.1, -0.05) is 32.1 Å². The molecular formula is C21H26O4Si. The lowest BCUT2D eigenvalue weighted by molar-refractivity contribution is 0.0798. The predicted octanol–water partition coefficient (Wildman–Crippen LogP) is 4.90. The molecule has 0 unspecified atom stereocenters. The van der Waals surface area contributed by atoms with Gasteiger partial charge < -0.3 is 10.2 Å². The molecule has 0 radical (unpaired) electrons. The lowest BCUT2D eigenvalue weighted by Crippen LogP contribution is -2.26. The SMILES string of the molecule is C[Si](C)(C)CCCC(C(=O)c1ccc(O)cc1)C(=O)c1ccc(O)cc1. The molecule has 4 nitrogen and oxygen atoms in total. The summed E-state index contributed by atoms with van der Waals surface area (Å²) in [7, 11) is -1.26. The van der Waals surface area contributed by atoms with Crippen molar-refractivity contribution in [3.63, 3.8) is 0 Å². The minimum absolute atomic E-state index is 0.0849. The maximum Gasteiger partial charge on any atom is 0.173 e. The van der Waals surface area contributed by atoms with E-state index in [1.807, 2.05) is 0 Å². The van der Waals surface area contributed by atoms with Crippen molar-refractivity contribution in [2.24, 2.45) is 5.92 Å². The summed E-state index contributed by atoms with van der Waals surface area (Å²) < 4.78 is 0. The van der Waals surface area contributed by atoms with Gasteiger partial charge in [0.1, 0.15) is 11.5 Å². The van der Waals surface area contributed by atoms with Gasteiger partial charge in [-0.15, -0.1) is 0 Å². The first-order valence-corrected chi connectivity index (χ1v) is 12.5. The second kappa shape index (κ2) is 8.32. The van der Waals surface area contributed by atoms with E-state index in [2.05, 4.69) is 19.6 Å². The summed E-state index contributed by atoms with van der Waals surface area (Å²) in [4.78, 5) is 25.9. The third-order valence-electron chi connectivity index (χ3n) is 4.36. The Labute approximate surface area is 155 Å². The molecule has 0 saturated heterocycles. The maximum atomic E-state index is 13.0. The number of phenolic OH excluding ortho intramolecular Hbond substituents is 2. The Balaban J connectivity index is 2.25. The number of hydrogen-bond donors (Lipinski definition) is 2. The van der Waals surface area contributed by atoms with Gasteiger partial charge in [-0.25, -0.2) is 0 Å². The molecule has 5 heteroatoms. The van der Waals surface area contributed by atoms with Crippen LogP contribution in [0.3, 0.4) is 0 Å². The highest BCUT2D eigenvalue weighted by molar-refractivity contribution is 6.76. The largest absolute Gasteiger partial charge is 0.508 e. The van der Waals surface area contributed by atoms with Crippen LogP contribution in [0.15, 0.2) is 48.5 Å². The summed E-state index contributed by atoms with van der Waals surface area (Å²) in [5, 5.41) is 18.8. The first-order valence-electron chi connectivity index (χ1n) is 8.84. The van der Waals surface area contributed by atoms with E-state index in [4.69, 9.17) is 0 Å². The lowest BCUT2D eigenvalue weighted by atomic mass is 9.86. The van der Waals surface area contributed by atoms with Crippen molar-refractivity contribution in [3.05, 3.63) is 59.7 Å². The molecule has 0 fully saturated rings. The quantitative estimate of drug-likeness (QED) is 0.394. The number of carbonyl (C=O) groups is 2. The number of aromatic hydroxyl groups is 2. The van der Waals surface area contributed by atoms with Crippen LogP contribution >= 0.6 is 0 Å². The van der Waals surface area contributed by atoms with Gasteiger partial charge in [-0.3, -0.25) is 9.59 Å². The first kappa shape index (κ1) is 19.9. The molecule has 26 heavy (non-hydrogen) atoms. The molecule has 0 bridgehead atoms. The van der Waals surface area contributed by atoms with E-state index in [-0.39, 0.29) is 23.1 Å². The molecule has 138 valence electrons. The highest BCUT2D eigenvalue weighted by Gasteiger charge is 2.29. The minimum Gasteiger partial charge on any atom is -0.508 e. The molecule has 2 aromatic carbocycles. The van der Waals surface area contributed by atoms with Crippen LogP contribution < -0.4 is 0 Å². The van der Waals surface area contributed by atoms with E-state index in [0.29, 0.717) is 17.5 Å². The highest BCUT2D eigenvalue weighted by Crippen LogP contribution is 2.25. The molecule has 0 atom stereocenters. The summed E-state index contributed by atoms with van der Waals surface area (Å²) in [6, 6.07) is 13.1. The summed E-state index contributed by atoms with van der Waals surface area (Å²) in [6.45, 7) is 6.81. The van der Waals surface area contributed by atoms with Crippen LogP contribution in [0, 0.1) is 5.92 Å². The molecular weight excluding hydrogens is 344 g/mol.